The molecule has 0 spiro atoms. The first-order valence-electron chi connectivity index (χ1n) is 6.89. The number of nitrogens with zero attached hydrogens (tertiary/aromatic N) is 3. The molecule has 21 heavy (non-hydrogen) atoms. The quantitative estimate of drug-likeness (QED) is 0.891. The number of rotatable bonds is 3. The molecule has 0 bridgehead atoms. The van der Waals surface area contributed by atoms with Gasteiger partial charge in [-0.15, -0.1) is 0 Å². The van der Waals surface area contributed by atoms with E-state index in [4.69, 9.17) is 10.5 Å². The Kier molecular flexibility index (Phi) is 3.33. The predicted octanol–water partition coefficient (Wildman–Crippen LogP) is 1.31. The molecule has 1 aliphatic carbocycles. The van der Waals surface area contributed by atoms with Crippen molar-refractivity contribution in [2.75, 3.05) is 19.5 Å². The molecule has 114 valence electrons. The van der Waals surface area contributed by atoms with Crippen molar-refractivity contribution in [3.8, 4) is 0 Å². The van der Waals surface area contributed by atoms with E-state index in [2.05, 4.69) is 9.97 Å². The number of hydrogen-bond donors (Lipinski definition) is 2. The first-order chi connectivity index (χ1) is 9.96. The zero-order valence-electron chi connectivity index (χ0n) is 12.0. The Morgan fingerprint density at radius 3 is 3.05 bits per heavy atom. The summed E-state index contributed by atoms with van der Waals surface area (Å²) in [4.78, 5) is 8.47. The van der Waals surface area contributed by atoms with Gasteiger partial charge in [0.1, 0.15) is 5.52 Å². The Morgan fingerprint density at radius 1 is 1.57 bits per heavy atom. The van der Waals surface area contributed by atoms with Crippen molar-refractivity contribution in [2.24, 2.45) is 5.92 Å². The maximum atomic E-state index is 15.0. The van der Waals surface area contributed by atoms with Crippen molar-refractivity contribution < 1.29 is 14.2 Å². The van der Waals surface area contributed by atoms with Crippen molar-refractivity contribution >= 4 is 16.9 Å². The van der Waals surface area contributed by atoms with Crippen molar-refractivity contribution in [1.82, 2.24) is 14.5 Å². The van der Waals surface area contributed by atoms with Crippen LogP contribution in [-0.4, -0.2) is 45.1 Å². The standard InChI is InChI=1S/C14H19FN4O2/c1-14(15)10(5-8(6-21-2)12(14)20)19-7-18-11-9(16)3-4-17-13(11)19/h3-4,7-8,10,12,20H,5-6H2,1-2H3,(H2,16,17)/t8-,10-,12-,14+/m1/s1. The molecule has 6 nitrogen and oxygen atoms in total. The molecular weight excluding hydrogens is 275 g/mol. The number of anilines is 1. The molecule has 4 atom stereocenters. The molecule has 2 heterocycles. The van der Waals surface area contributed by atoms with Crippen LogP contribution >= 0.6 is 0 Å². The van der Waals surface area contributed by atoms with Gasteiger partial charge in [0, 0.05) is 19.2 Å². The van der Waals surface area contributed by atoms with Gasteiger partial charge in [-0.05, 0) is 19.4 Å². The number of fused-ring (bicyclic) bond motifs is 1. The summed E-state index contributed by atoms with van der Waals surface area (Å²) in [6, 6.07) is 1.11. The molecule has 0 saturated heterocycles. The van der Waals surface area contributed by atoms with Crippen LogP contribution in [0.2, 0.25) is 0 Å². The largest absolute Gasteiger partial charge is 0.397 e. The number of nitrogen functional groups attached to an aromatic ring is 1. The lowest BCUT2D eigenvalue weighted by molar-refractivity contribution is -0.0241. The van der Waals surface area contributed by atoms with Crippen LogP contribution in [-0.2, 0) is 4.74 Å². The number of alkyl halides is 1. The SMILES string of the molecule is COC[C@H]1C[C@@H](n2cnc3c(N)ccnc32)[C@](C)(F)[C@@H]1O. The Hall–Kier alpha value is -1.73. The molecule has 1 aliphatic rings. The van der Waals surface area contributed by atoms with E-state index in [1.165, 1.54) is 6.92 Å². The smallest absolute Gasteiger partial charge is 0.162 e. The topological polar surface area (TPSA) is 86.2 Å². The predicted molar refractivity (Wildman–Crippen MR) is 76.5 cm³/mol. The van der Waals surface area contributed by atoms with Crippen molar-refractivity contribution in [3.05, 3.63) is 18.6 Å². The highest BCUT2D eigenvalue weighted by Crippen LogP contribution is 2.46. The number of halogens is 1. The first kappa shape index (κ1) is 14.2. The molecule has 2 aromatic heterocycles. The zero-order chi connectivity index (χ0) is 15.2. The number of methoxy groups -OCH3 is 1. The fraction of sp³-hybridized carbons (Fsp3) is 0.571. The van der Waals surface area contributed by atoms with Crippen LogP contribution in [0, 0.1) is 5.92 Å². The van der Waals surface area contributed by atoms with Gasteiger partial charge < -0.3 is 20.1 Å². The van der Waals surface area contributed by atoms with E-state index in [9.17, 15) is 5.11 Å². The number of ether oxygens (including phenoxy) is 1. The molecule has 0 aliphatic heterocycles. The lowest BCUT2D eigenvalue weighted by Gasteiger charge is -2.27. The van der Waals surface area contributed by atoms with Gasteiger partial charge in [-0.1, -0.05) is 0 Å². The molecule has 7 heteroatoms. The number of nitrogens with two attached hydrogens (primary N) is 1. The van der Waals surface area contributed by atoms with Gasteiger partial charge in [0.15, 0.2) is 11.3 Å². The van der Waals surface area contributed by atoms with Gasteiger partial charge in [-0.25, -0.2) is 14.4 Å². The molecule has 0 unspecified atom stereocenters. The average molecular weight is 294 g/mol. The molecule has 1 fully saturated rings. The highest BCUT2D eigenvalue weighted by molar-refractivity contribution is 5.83. The van der Waals surface area contributed by atoms with Crippen LogP contribution in [0.25, 0.3) is 11.2 Å². The van der Waals surface area contributed by atoms with E-state index < -0.39 is 17.8 Å². The van der Waals surface area contributed by atoms with E-state index in [0.29, 0.717) is 29.9 Å². The maximum absolute atomic E-state index is 15.0. The monoisotopic (exact) mass is 294 g/mol. The lowest BCUT2D eigenvalue weighted by atomic mass is 9.98. The summed E-state index contributed by atoms with van der Waals surface area (Å²) < 4.78 is 21.8. The van der Waals surface area contributed by atoms with E-state index >= 15 is 4.39 Å². The third-order valence-electron chi connectivity index (χ3n) is 4.41. The summed E-state index contributed by atoms with van der Waals surface area (Å²) in [6.07, 6.45) is 2.49. The second-order valence-electron chi connectivity index (χ2n) is 5.79. The summed E-state index contributed by atoms with van der Waals surface area (Å²) in [5.74, 6) is -0.256. The molecule has 3 rings (SSSR count). The highest BCUT2D eigenvalue weighted by atomic mass is 19.1. The number of aliphatic hydroxyl groups excluding tert-OH is 1. The Balaban J connectivity index is 2.04. The summed E-state index contributed by atoms with van der Waals surface area (Å²) in [6.45, 7) is 1.73. The van der Waals surface area contributed by atoms with Crippen LogP contribution in [0.5, 0.6) is 0 Å². The summed E-state index contributed by atoms with van der Waals surface area (Å²) in [7, 11) is 1.55. The summed E-state index contributed by atoms with van der Waals surface area (Å²) >= 11 is 0. The Morgan fingerprint density at radius 2 is 2.33 bits per heavy atom. The Bertz CT molecular complexity index is 657. The van der Waals surface area contributed by atoms with E-state index in [1.54, 1.807) is 30.3 Å². The lowest BCUT2D eigenvalue weighted by Crippen LogP contribution is -2.38. The third kappa shape index (κ3) is 2.08. The van der Waals surface area contributed by atoms with E-state index in [1.807, 2.05) is 0 Å². The van der Waals surface area contributed by atoms with Crippen molar-refractivity contribution in [2.45, 2.75) is 31.2 Å². The zero-order valence-corrected chi connectivity index (χ0v) is 12.0. The number of aliphatic hydroxyl groups is 1. The van der Waals surface area contributed by atoms with E-state index in [-0.39, 0.29) is 5.92 Å². The molecule has 0 amide bonds. The van der Waals surface area contributed by atoms with Crippen LogP contribution < -0.4 is 5.73 Å². The summed E-state index contributed by atoms with van der Waals surface area (Å²) in [5.41, 5.74) is 5.68. The molecule has 1 saturated carbocycles. The first-order valence-corrected chi connectivity index (χ1v) is 6.89. The van der Waals surface area contributed by atoms with Gasteiger partial charge >= 0.3 is 0 Å². The van der Waals surface area contributed by atoms with Gasteiger partial charge in [-0.2, -0.15) is 0 Å². The molecule has 0 aromatic carbocycles. The highest BCUT2D eigenvalue weighted by Gasteiger charge is 2.53. The number of aromatic nitrogens is 3. The number of hydrogen-bond acceptors (Lipinski definition) is 5. The molecule has 2 aromatic rings. The maximum Gasteiger partial charge on any atom is 0.162 e. The number of pyridine rings is 1. The summed E-state index contributed by atoms with van der Waals surface area (Å²) in [5, 5.41) is 10.2. The second kappa shape index (κ2) is 4.92. The minimum Gasteiger partial charge on any atom is -0.397 e. The second-order valence-corrected chi connectivity index (χ2v) is 5.79. The van der Waals surface area contributed by atoms with Crippen molar-refractivity contribution in [1.29, 1.82) is 0 Å². The Labute approximate surface area is 121 Å². The van der Waals surface area contributed by atoms with Gasteiger partial charge in [0.25, 0.3) is 0 Å². The van der Waals surface area contributed by atoms with Crippen LogP contribution in [0.1, 0.15) is 19.4 Å². The van der Waals surface area contributed by atoms with Crippen LogP contribution in [0.4, 0.5) is 10.1 Å². The minimum atomic E-state index is -1.77. The van der Waals surface area contributed by atoms with E-state index in [0.717, 1.165) is 0 Å². The fourth-order valence-corrected chi connectivity index (χ4v) is 3.24. The normalized spacial score (nSPS) is 32.9. The third-order valence-corrected chi connectivity index (χ3v) is 4.41. The van der Waals surface area contributed by atoms with Crippen LogP contribution in [0.3, 0.4) is 0 Å². The number of imidazole rings is 1. The van der Waals surface area contributed by atoms with Crippen molar-refractivity contribution in [3.63, 3.8) is 0 Å². The molecule has 3 N–H and O–H groups in total. The average Bonchev–Trinajstić information content (AvgIpc) is 2.95. The van der Waals surface area contributed by atoms with Gasteiger partial charge in [-0.3, -0.25) is 0 Å². The van der Waals surface area contributed by atoms with Gasteiger partial charge in [0.05, 0.1) is 30.8 Å². The van der Waals surface area contributed by atoms with Crippen LogP contribution in [0.15, 0.2) is 18.6 Å². The fourth-order valence-electron chi connectivity index (χ4n) is 3.24. The molecular formula is C14H19FN4O2. The minimum absolute atomic E-state index is 0.256. The molecule has 0 radical (unpaired) electrons. The van der Waals surface area contributed by atoms with Gasteiger partial charge in [0.2, 0.25) is 0 Å².